The van der Waals surface area contributed by atoms with Gasteiger partial charge in [-0.15, -0.1) is 0 Å². The van der Waals surface area contributed by atoms with Crippen LogP contribution in [0.4, 0.5) is 0 Å². The van der Waals surface area contributed by atoms with Crippen molar-refractivity contribution in [2.24, 2.45) is 21.7 Å². The predicted octanol–water partition coefficient (Wildman–Crippen LogP) is 6.78. The molecule has 1 rings (SSSR count). The highest BCUT2D eigenvalue weighted by molar-refractivity contribution is 5.76. The van der Waals surface area contributed by atoms with Gasteiger partial charge in [-0.05, 0) is 62.5 Å². The number of carbonyl (C=O) groups is 2. The molecule has 4 heteroatoms. The summed E-state index contributed by atoms with van der Waals surface area (Å²) in [6, 6.07) is 8.20. The number of rotatable bonds is 10. The Hall–Kier alpha value is -1.84. The smallest absolute Gasteiger partial charge is 0.311 e. The van der Waals surface area contributed by atoms with Gasteiger partial charge >= 0.3 is 11.9 Å². The Bertz CT molecular complexity index is 678. The number of benzene rings is 1. The zero-order chi connectivity index (χ0) is 24.8. The molecule has 0 unspecified atom stereocenters. The van der Waals surface area contributed by atoms with E-state index in [0.29, 0.717) is 26.1 Å². The number of hydrogen-bond donors (Lipinski definition) is 0. The lowest BCUT2D eigenvalue weighted by molar-refractivity contribution is -0.156. The van der Waals surface area contributed by atoms with Gasteiger partial charge in [-0.2, -0.15) is 0 Å². The van der Waals surface area contributed by atoms with E-state index in [9.17, 15) is 9.59 Å². The first-order valence-electron chi connectivity index (χ1n) is 11.8. The van der Waals surface area contributed by atoms with Gasteiger partial charge in [0.2, 0.25) is 0 Å². The molecule has 0 aliphatic heterocycles. The van der Waals surface area contributed by atoms with Crippen molar-refractivity contribution in [3.8, 4) is 0 Å². The number of esters is 2. The van der Waals surface area contributed by atoms with Gasteiger partial charge in [0.05, 0.1) is 24.0 Å². The molecule has 0 saturated heterocycles. The van der Waals surface area contributed by atoms with E-state index in [0.717, 1.165) is 24.0 Å². The van der Waals surface area contributed by atoms with Crippen molar-refractivity contribution in [2.75, 3.05) is 13.2 Å². The molecule has 0 bridgehead atoms. The van der Waals surface area contributed by atoms with E-state index in [1.165, 1.54) is 0 Å². The van der Waals surface area contributed by atoms with Crippen molar-refractivity contribution in [1.29, 1.82) is 0 Å². The molecule has 32 heavy (non-hydrogen) atoms. The van der Waals surface area contributed by atoms with Crippen LogP contribution in [-0.4, -0.2) is 25.2 Å². The van der Waals surface area contributed by atoms with Gasteiger partial charge in [0.25, 0.3) is 0 Å². The van der Waals surface area contributed by atoms with Crippen molar-refractivity contribution in [2.45, 2.75) is 94.9 Å². The number of carbonyl (C=O) groups excluding carboxylic acids is 2. The SMILES string of the molecule is CC(C)(C)CC(C)(C)C(=O)OCCc1ccc(CCOC(=O)C(C)(C)CC(C)(C)C)cc1. The Morgan fingerprint density at radius 1 is 0.594 bits per heavy atom. The average Bonchev–Trinajstić information content (AvgIpc) is 2.58. The largest absolute Gasteiger partial charge is 0.465 e. The van der Waals surface area contributed by atoms with E-state index in [-0.39, 0.29) is 22.8 Å². The van der Waals surface area contributed by atoms with Gasteiger partial charge in [0.15, 0.2) is 0 Å². The molecule has 0 amide bonds. The summed E-state index contributed by atoms with van der Waals surface area (Å²) in [6.07, 6.45) is 2.94. The first-order chi connectivity index (χ1) is 14.4. The Balaban J connectivity index is 2.44. The second-order valence-electron chi connectivity index (χ2n) is 12.8. The zero-order valence-corrected chi connectivity index (χ0v) is 22.2. The lowest BCUT2D eigenvalue weighted by Crippen LogP contribution is -2.31. The lowest BCUT2D eigenvalue weighted by Gasteiger charge is -2.30. The molecule has 0 N–H and O–H groups in total. The Kier molecular flexibility index (Phi) is 9.56. The number of hydrogen-bond acceptors (Lipinski definition) is 4. The molecular formula is C28H46O4. The van der Waals surface area contributed by atoms with Crippen LogP contribution < -0.4 is 0 Å². The minimum atomic E-state index is -0.485. The molecule has 0 radical (unpaired) electrons. The second-order valence-corrected chi connectivity index (χ2v) is 12.8. The minimum absolute atomic E-state index is 0.0784. The van der Waals surface area contributed by atoms with Gasteiger partial charge in [-0.3, -0.25) is 9.59 Å². The van der Waals surface area contributed by atoms with Crippen LogP contribution >= 0.6 is 0 Å². The molecule has 0 saturated carbocycles. The summed E-state index contributed by atoms with van der Waals surface area (Å²) in [4.78, 5) is 24.9. The van der Waals surface area contributed by atoms with E-state index in [4.69, 9.17) is 9.47 Å². The summed E-state index contributed by atoms with van der Waals surface area (Å²) in [6.45, 7) is 21.4. The molecule has 0 fully saturated rings. The molecule has 0 atom stereocenters. The van der Waals surface area contributed by atoms with Crippen molar-refractivity contribution < 1.29 is 19.1 Å². The molecule has 0 spiro atoms. The fourth-order valence-corrected chi connectivity index (χ4v) is 4.58. The highest BCUT2D eigenvalue weighted by Gasteiger charge is 2.34. The molecular weight excluding hydrogens is 400 g/mol. The summed E-state index contributed by atoms with van der Waals surface area (Å²) >= 11 is 0. The average molecular weight is 447 g/mol. The molecule has 0 aliphatic carbocycles. The van der Waals surface area contributed by atoms with Crippen LogP contribution in [0.2, 0.25) is 0 Å². The highest BCUT2D eigenvalue weighted by atomic mass is 16.5. The quantitative estimate of drug-likeness (QED) is 0.372. The predicted molar refractivity (Wildman–Crippen MR) is 131 cm³/mol. The van der Waals surface area contributed by atoms with Gasteiger partial charge in [0, 0.05) is 12.8 Å². The fourth-order valence-electron chi connectivity index (χ4n) is 4.58. The standard InChI is InChI=1S/C28H46O4/c1-25(2,3)19-27(7,8)23(29)31-17-15-21-11-13-22(14-12-21)16-18-32-24(30)28(9,10)20-26(4,5)6/h11-14H,15-20H2,1-10H3. The second kappa shape index (κ2) is 10.9. The van der Waals surface area contributed by atoms with Crippen LogP contribution in [0.25, 0.3) is 0 Å². The first kappa shape index (κ1) is 28.2. The van der Waals surface area contributed by atoms with Gasteiger partial charge in [-0.25, -0.2) is 0 Å². The van der Waals surface area contributed by atoms with E-state index < -0.39 is 10.8 Å². The first-order valence-corrected chi connectivity index (χ1v) is 11.8. The lowest BCUT2D eigenvalue weighted by atomic mass is 9.76. The molecule has 0 heterocycles. The van der Waals surface area contributed by atoms with Crippen LogP contribution in [0.15, 0.2) is 24.3 Å². The van der Waals surface area contributed by atoms with E-state index in [1.807, 2.05) is 27.7 Å². The van der Waals surface area contributed by atoms with Crippen LogP contribution in [0, 0.1) is 21.7 Å². The summed E-state index contributed by atoms with van der Waals surface area (Å²) in [7, 11) is 0. The maximum atomic E-state index is 12.4. The van der Waals surface area contributed by atoms with E-state index >= 15 is 0 Å². The van der Waals surface area contributed by atoms with E-state index in [1.54, 1.807) is 0 Å². The van der Waals surface area contributed by atoms with Crippen molar-refractivity contribution in [3.63, 3.8) is 0 Å². The maximum Gasteiger partial charge on any atom is 0.311 e. The van der Waals surface area contributed by atoms with Crippen LogP contribution in [0.5, 0.6) is 0 Å². The van der Waals surface area contributed by atoms with Crippen molar-refractivity contribution >= 4 is 11.9 Å². The molecule has 4 nitrogen and oxygen atoms in total. The van der Waals surface area contributed by atoms with Crippen LogP contribution in [-0.2, 0) is 31.9 Å². The van der Waals surface area contributed by atoms with Gasteiger partial charge in [0.1, 0.15) is 0 Å². The Morgan fingerprint density at radius 3 is 1.12 bits per heavy atom. The Labute approximate surface area is 196 Å². The van der Waals surface area contributed by atoms with Gasteiger partial charge < -0.3 is 9.47 Å². The van der Waals surface area contributed by atoms with Crippen molar-refractivity contribution in [3.05, 3.63) is 35.4 Å². The monoisotopic (exact) mass is 446 g/mol. The topological polar surface area (TPSA) is 52.6 Å². The maximum absolute atomic E-state index is 12.4. The molecule has 0 aromatic heterocycles. The summed E-state index contributed by atoms with van der Waals surface area (Å²) < 4.78 is 11.1. The molecule has 0 aliphatic rings. The fraction of sp³-hybridized carbons (Fsp3) is 0.714. The minimum Gasteiger partial charge on any atom is -0.465 e. The van der Waals surface area contributed by atoms with Crippen molar-refractivity contribution in [1.82, 2.24) is 0 Å². The summed E-state index contributed by atoms with van der Waals surface area (Å²) in [5, 5.41) is 0. The van der Waals surface area contributed by atoms with Crippen LogP contribution in [0.3, 0.4) is 0 Å². The van der Waals surface area contributed by atoms with E-state index in [2.05, 4.69) is 65.8 Å². The molecule has 182 valence electrons. The normalized spacial score (nSPS) is 13.1. The summed E-state index contributed by atoms with van der Waals surface area (Å²) in [5.74, 6) is -0.277. The molecule has 1 aromatic carbocycles. The summed E-state index contributed by atoms with van der Waals surface area (Å²) in [5.41, 5.74) is 1.43. The van der Waals surface area contributed by atoms with Gasteiger partial charge in [-0.1, -0.05) is 65.8 Å². The zero-order valence-electron chi connectivity index (χ0n) is 22.2. The highest BCUT2D eigenvalue weighted by Crippen LogP contribution is 2.35. The number of ether oxygens (including phenoxy) is 2. The third-order valence-corrected chi connectivity index (χ3v) is 5.32. The Morgan fingerprint density at radius 2 is 0.875 bits per heavy atom. The van der Waals surface area contributed by atoms with Crippen LogP contribution in [0.1, 0.15) is 93.2 Å². The molecule has 1 aromatic rings. The third-order valence-electron chi connectivity index (χ3n) is 5.32. The third kappa shape index (κ3) is 10.7.